The van der Waals surface area contributed by atoms with Gasteiger partial charge in [0, 0.05) is 18.5 Å². The van der Waals surface area contributed by atoms with Crippen LogP contribution >= 0.6 is 0 Å². The fourth-order valence-electron chi connectivity index (χ4n) is 1.41. The van der Waals surface area contributed by atoms with Gasteiger partial charge >= 0.3 is 5.97 Å². The minimum Gasteiger partial charge on any atom is -0.480 e. The lowest BCUT2D eigenvalue weighted by Crippen LogP contribution is -2.44. The normalized spacial score (nSPS) is 14.5. The van der Waals surface area contributed by atoms with Crippen LogP contribution in [0.4, 0.5) is 0 Å². The molecule has 0 aromatic carbocycles. The number of aliphatic carboxylic acids is 1. The highest BCUT2D eigenvalue weighted by molar-refractivity contribution is 5.82. The van der Waals surface area contributed by atoms with E-state index in [4.69, 9.17) is 10.8 Å². The quantitative estimate of drug-likeness (QED) is 0.701. The minimum atomic E-state index is -0.989. The summed E-state index contributed by atoms with van der Waals surface area (Å²) in [6.07, 6.45) is 0.936. The summed E-state index contributed by atoms with van der Waals surface area (Å²) in [5, 5.41) is 8.80. The molecule has 0 bridgehead atoms. The number of rotatable bonds is 7. The van der Waals surface area contributed by atoms with Crippen molar-refractivity contribution in [3.63, 3.8) is 0 Å². The number of hydrogen-bond donors (Lipinski definition) is 2. The molecule has 0 aliphatic carbocycles. The van der Waals surface area contributed by atoms with Gasteiger partial charge < -0.3 is 15.7 Å². The van der Waals surface area contributed by atoms with Gasteiger partial charge in [0.15, 0.2) is 0 Å². The Morgan fingerprint density at radius 1 is 1.29 bits per heavy atom. The van der Waals surface area contributed by atoms with Crippen LogP contribution in [0.2, 0.25) is 0 Å². The van der Waals surface area contributed by atoms with Crippen LogP contribution in [0.25, 0.3) is 0 Å². The Hall–Kier alpha value is -1.10. The molecule has 0 spiro atoms. The number of nitrogens with two attached hydrogens (primary N) is 1. The fourth-order valence-corrected chi connectivity index (χ4v) is 1.41. The predicted molar refractivity (Wildman–Crippen MR) is 66.5 cm³/mol. The Balaban J connectivity index is 4.58. The molecule has 0 saturated heterocycles. The van der Waals surface area contributed by atoms with E-state index in [0.717, 1.165) is 6.42 Å². The molecule has 5 nitrogen and oxygen atoms in total. The number of carboxylic acids is 1. The third-order valence-corrected chi connectivity index (χ3v) is 3.02. The lowest BCUT2D eigenvalue weighted by Gasteiger charge is -2.28. The smallest absolute Gasteiger partial charge is 0.323 e. The van der Waals surface area contributed by atoms with Crippen molar-refractivity contribution in [2.45, 2.75) is 52.6 Å². The number of carboxylic acid groups (broad SMARTS) is 1. The third kappa shape index (κ3) is 5.68. The topological polar surface area (TPSA) is 83.6 Å². The van der Waals surface area contributed by atoms with Crippen molar-refractivity contribution in [2.75, 3.05) is 6.54 Å². The fraction of sp³-hybridized carbons (Fsp3) is 0.833. The van der Waals surface area contributed by atoms with Crippen molar-refractivity contribution >= 4 is 11.9 Å². The Labute approximate surface area is 103 Å². The largest absolute Gasteiger partial charge is 0.480 e. The van der Waals surface area contributed by atoms with E-state index >= 15 is 0 Å². The van der Waals surface area contributed by atoms with Gasteiger partial charge in [-0.25, -0.2) is 0 Å². The standard InChI is InChI=1S/C12H24N2O3/c1-5-9(4)14(7-12(16)17)11(15)6-10(13)8(2)3/h8-10H,5-7,13H2,1-4H3,(H,16,17). The second-order valence-corrected chi connectivity index (χ2v) is 4.78. The van der Waals surface area contributed by atoms with Crippen molar-refractivity contribution < 1.29 is 14.7 Å². The second-order valence-electron chi connectivity index (χ2n) is 4.78. The molecule has 2 atom stereocenters. The van der Waals surface area contributed by atoms with Gasteiger partial charge in [-0.2, -0.15) is 0 Å². The van der Waals surface area contributed by atoms with Gasteiger partial charge in [0.05, 0.1) is 0 Å². The van der Waals surface area contributed by atoms with Gasteiger partial charge in [0.2, 0.25) is 5.91 Å². The first-order valence-corrected chi connectivity index (χ1v) is 6.06. The van der Waals surface area contributed by atoms with Crippen molar-refractivity contribution in [3.8, 4) is 0 Å². The van der Waals surface area contributed by atoms with Crippen molar-refractivity contribution in [3.05, 3.63) is 0 Å². The van der Waals surface area contributed by atoms with E-state index in [1.54, 1.807) is 0 Å². The highest BCUT2D eigenvalue weighted by Crippen LogP contribution is 2.10. The Morgan fingerprint density at radius 2 is 1.82 bits per heavy atom. The van der Waals surface area contributed by atoms with E-state index in [1.165, 1.54) is 4.90 Å². The summed E-state index contributed by atoms with van der Waals surface area (Å²) in [6.45, 7) is 7.42. The van der Waals surface area contributed by atoms with Crippen LogP contribution in [0, 0.1) is 5.92 Å². The molecule has 0 fully saturated rings. The van der Waals surface area contributed by atoms with E-state index in [2.05, 4.69) is 0 Å². The maximum atomic E-state index is 12.0. The third-order valence-electron chi connectivity index (χ3n) is 3.02. The Bertz CT molecular complexity index is 266. The van der Waals surface area contributed by atoms with Crippen LogP contribution in [0.3, 0.4) is 0 Å². The van der Waals surface area contributed by atoms with Crippen molar-refractivity contribution in [2.24, 2.45) is 11.7 Å². The maximum Gasteiger partial charge on any atom is 0.323 e. The zero-order valence-electron chi connectivity index (χ0n) is 11.1. The van der Waals surface area contributed by atoms with Gasteiger partial charge in [-0.3, -0.25) is 9.59 Å². The molecule has 0 radical (unpaired) electrons. The van der Waals surface area contributed by atoms with Crippen LogP contribution in [0.5, 0.6) is 0 Å². The zero-order valence-corrected chi connectivity index (χ0v) is 11.1. The van der Waals surface area contributed by atoms with Gasteiger partial charge in [-0.1, -0.05) is 20.8 Å². The van der Waals surface area contributed by atoms with Crippen LogP contribution < -0.4 is 5.73 Å². The molecular weight excluding hydrogens is 220 g/mol. The average molecular weight is 244 g/mol. The molecule has 100 valence electrons. The first-order valence-electron chi connectivity index (χ1n) is 6.06. The number of carbonyl (C=O) groups excluding carboxylic acids is 1. The lowest BCUT2D eigenvalue weighted by atomic mass is 10.0. The van der Waals surface area contributed by atoms with Crippen LogP contribution in [0.1, 0.15) is 40.5 Å². The first kappa shape index (κ1) is 15.9. The zero-order chi connectivity index (χ0) is 13.6. The molecular formula is C12H24N2O3. The highest BCUT2D eigenvalue weighted by atomic mass is 16.4. The predicted octanol–water partition coefficient (Wildman–Crippen LogP) is 1.07. The average Bonchev–Trinajstić information content (AvgIpc) is 2.24. The SMILES string of the molecule is CCC(C)N(CC(=O)O)C(=O)CC(N)C(C)C. The van der Waals surface area contributed by atoms with Gasteiger partial charge in [0.1, 0.15) is 6.54 Å². The van der Waals surface area contributed by atoms with E-state index in [1.807, 2.05) is 27.7 Å². The number of carbonyl (C=O) groups is 2. The van der Waals surface area contributed by atoms with Gasteiger partial charge in [-0.15, -0.1) is 0 Å². The molecule has 5 heteroatoms. The molecule has 0 saturated carbocycles. The van der Waals surface area contributed by atoms with Crippen LogP contribution in [0.15, 0.2) is 0 Å². The molecule has 1 amide bonds. The van der Waals surface area contributed by atoms with Crippen LogP contribution in [-0.4, -0.2) is 40.5 Å². The summed E-state index contributed by atoms with van der Waals surface area (Å²) in [7, 11) is 0. The number of amides is 1. The van der Waals surface area contributed by atoms with Gasteiger partial charge in [-0.05, 0) is 19.3 Å². The lowest BCUT2D eigenvalue weighted by molar-refractivity contribution is -0.146. The van der Waals surface area contributed by atoms with Crippen LogP contribution in [-0.2, 0) is 9.59 Å². The molecule has 0 aliphatic heterocycles. The first-order chi connectivity index (χ1) is 7.79. The van der Waals surface area contributed by atoms with Crippen molar-refractivity contribution in [1.82, 2.24) is 4.90 Å². The highest BCUT2D eigenvalue weighted by Gasteiger charge is 2.23. The molecule has 0 rings (SSSR count). The molecule has 2 unspecified atom stereocenters. The molecule has 0 aromatic rings. The second kappa shape index (κ2) is 7.27. The summed E-state index contributed by atoms with van der Waals surface area (Å²) in [4.78, 5) is 24.1. The van der Waals surface area contributed by atoms with E-state index in [9.17, 15) is 9.59 Å². The van der Waals surface area contributed by atoms with E-state index < -0.39 is 5.97 Å². The van der Waals surface area contributed by atoms with Crippen molar-refractivity contribution in [1.29, 1.82) is 0 Å². The summed E-state index contributed by atoms with van der Waals surface area (Å²) in [5.41, 5.74) is 5.83. The molecule has 0 heterocycles. The molecule has 3 N–H and O–H groups in total. The monoisotopic (exact) mass is 244 g/mol. The minimum absolute atomic E-state index is 0.0713. The Kier molecular flexibility index (Phi) is 6.80. The molecule has 17 heavy (non-hydrogen) atoms. The number of hydrogen-bond acceptors (Lipinski definition) is 3. The van der Waals surface area contributed by atoms with Gasteiger partial charge in [0.25, 0.3) is 0 Å². The summed E-state index contributed by atoms with van der Waals surface area (Å²) < 4.78 is 0. The summed E-state index contributed by atoms with van der Waals surface area (Å²) >= 11 is 0. The van der Waals surface area contributed by atoms with E-state index in [-0.39, 0.29) is 36.9 Å². The summed E-state index contributed by atoms with van der Waals surface area (Å²) in [5.74, 6) is -0.956. The maximum absolute atomic E-state index is 12.0. The van der Waals surface area contributed by atoms with E-state index in [0.29, 0.717) is 0 Å². The molecule has 0 aromatic heterocycles. The number of nitrogens with zero attached hydrogens (tertiary/aromatic N) is 1. The summed E-state index contributed by atoms with van der Waals surface area (Å²) in [6, 6.07) is -0.291. The Morgan fingerprint density at radius 3 is 2.18 bits per heavy atom. The molecule has 0 aliphatic rings.